The van der Waals surface area contributed by atoms with Crippen molar-refractivity contribution < 1.29 is 24.6 Å². The number of carbonyl (C=O) groups is 2. The molecule has 33 heavy (non-hydrogen) atoms. The van der Waals surface area contributed by atoms with E-state index in [-0.39, 0.29) is 55.9 Å². The predicted octanol–water partition coefficient (Wildman–Crippen LogP) is 3.40. The van der Waals surface area contributed by atoms with Gasteiger partial charge in [-0.2, -0.15) is 10.1 Å². The molecule has 3 rings (SSSR count). The fourth-order valence-corrected chi connectivity index (χ4v) is 3.70. The second-order valence-corrected chi connectivity index (χ2v) is 8.44. The van der Waals surface area contributed by atoms with E-state index < -0.39 is 11.8 Å². The molecule has 0 bridgehead atoms. The van der Waals surface area contributed by atoms with E-state index in [0.717, 1.165) is 0 Å². The van der Waals surface area contributed by atoms with Crippen molar-refractivity contribution in [3.05, 3.63) is 63.1 Å². The average molecular weight is 535 g/mol. The summed E-state index contributed by atoms with van der Waals surface area (Å²) in [5.41, 5.74) is 11.6. The summed E-state index contributed by atoms with van der Waals surface area (Å²) in [5.74, 6) is -1.42. The number of rotatable bonds is 6. The van der Waals surface area contributed by atoms with Crippen LogP contribution in [0.3, 0.4) is 0 Å². The molecule has 3 aromatic rings. The first-order valence-electron chi connectivity index (χ1n) is 9.05. The summed E-state index contributed by atoms with van der Waals surface area (Å²) in [6.45, 7) is -0.549. The molecule has 2 amide bonds. The normalized spacial score (nSPS) is 10.8. The second-order valence-electron chi connectivity index (χ2n) is 6.82. The third-order valence-electron chi connectivity index (χ3n) is 4.47. The van der Waals surface area contributed by atoms with E-state index >= 15 is 0 Å². The molecule has 0 unspecified atom stereocenters. The minimum atomic E-state index is -0.712. The Morgan fingerprint density at radius 2 is 1.27 bits per heavy atom. The third kappa shape index (κ3) is 5.61. The maximum atomic E-state index is 12.4. The molecular formula is C19H17Cl4N6O4+. The summed E-state index contributed by atoms with van der Waals surface area (Å²) in [6.07, 6.45) is 4.44. The molecule has 0 aliphatic rings. The maximum Gasteiger partial charge on any atom is 0.292 e. The topological polar surface area (TPSA) is 142 Å². The van der Waals surface area contributed by atoms with Crippen LogP contribution >= 0.6 is 46.4 Å². The number of hydrogen-bond donors (Lipinski definition) is 4. The molecule has 0 saturated heterocycles. The molecule has 0 spiro atoms. The van der Waals surface area contributed by atoms with Crippen molar-refractivity contribution in [2.24, 2.45) is 0 Å². The maximum absolute atomic E-state index is 12.4. The number of nitrogens with two attached hydrogens (primary N) is 2. The lowest BCUT2D eigenvalue weighted by Gasteiger charge is -2.16. The fourth-order valence-electron chi connectivity index (χ4n) is 2.75. The summed E-state index contributed by atoms with van der Waals surface area (Å²) < 4.78 is 2.83. The SMILES string of the molecule is Nc1c(Cl)cc(N(O)C(=O)Cn2cc[n+](CC(=O)N(O)c3cc(Cl)c(N)c(Cl)c3)c2)cc1Cl. The van der Waals surface area contributed by atoms with E-state index in [1.165, 1.54) is 52.1 Å². The van der Waals surface area contributed by atoms with Gasteiger partial charge in [-0.1, -0.05) is 46.4 Å². The van der Waals surface area contributed by atoms with E-state index in [9.17, 15) is 20.0 Å². The molecule has 0 saturated carbocycles. The van der Waals surface area contributed by atoms with Gasteiger partial charge in [0.05, 0.1) is 42.8 Å². The van der Waals surface area contributed by atoms with Crippen LogP contribution in [-0.2, 0) is 22.7 Å². The number of nitrogens with zero attached hydrogens (tertiary/aromatic N) is 4. The van der Waals surface area contributed by atoms with Crippen LogP contribution in [0.2, 0.25) is 20.1 Å². The van der Waals surface area contributed by atoms with Crippen molar-refractivity contribution in [1.82, 2.24) is 4.57 Å². The van der Waals surface area contributed by atoms with Crippen molar-refractivity contribution in [1.29, 1.82) is 0 Å². The molecule has 10 nitrogen and oxygen atoms in total. The number of hydrogen-bond acceptors (Lipinski definition) is 6. The highest BCUT2D eigenvalue weighted by atomic mass is 35.5. The van der Waals surface area contributed by atoms with E-state index in [1.54, 1.807) is 0 Å². The lowest BCUT2D eigenvalue weighted by molar-refractivity contribution is -0.683. The Morgan fingerprint density at radius 3 is 1.73 bits per heavy atom. The van der Waals surface area contributed by atoms with Crippen LogP contribution in [0.25, 0.3) is 0 Å². The average Bonchev–Trinajstić information content (AvgIpc) is 3.20. The van der Waals surface area contributed by atoms with Gasteiger partial charge in [0, 0.05) is 0 Å². The Morgan fingerprint density at radius 1 is 0.848 bits per heavy atom. The standard InChI is InChI=1S/C19H17Cl4N6O4/c20-12-3-10(4-13(21)18(12)24)28(32)16(30)7-26-1-2-27(9-26)8-17(31)29(33)11-5-14(22)19(25)15(23)6-11/h1-6,9,32-33H,7-8,24-25H2/q+1. The van der Waals surface area contributed by atoms with Gasteiger partial charge >= 0.3 is 0 Å². The second kappa shape index (κ2) is 10.0. The predicted molar refractivity (Wildman–Crippen MR) is 125 cm³/mol. The zero-order valence-electron chi connectivity index (χ0n) is 16.6. The number of anilines is 4. The van der Waals surface area contributed by atoms with Gasteiger partial charge in [0.15, 0.2) is 13.1 Å². The molecule has 0 aliphatic heterocycles. The number of amides is 2. The highest BCUT2D eigenvalue weighted by Gasteiger charge is 2.22. The summed E-state index contributed by atoms with van der Waals surface area (Å²) in [4.78, 5) is 24.8. The molecule has 2 aromatic carbocycles. The Labute approximate surface area is 207 Å². The fraction of sp³-hybridized carbons (Fsp3) is 0.105. The first-order valence-corrected chi connectivity index (χ1v) is 10.6. The van der Waals surface area contributed by atoms with Gasteiger partial charge in [0.25, 0.3) is 11.8 Å². The molecule has 1 aromatic heterocycles. The van der Waals surface area contributed by atoms with Gasteiger partial charge in [0.1, 0.15) is 12.4 Å². The van der Waals surface area contributed by atoms with Gasteiger partial charge < -0.3 is 11.5 Å². The molecule has 0 fully saturated rings. The molecule has 0 radical (unpaired) electrons. The Bertz CT molecular complexity index is 1100. The Kier molecular flexibility index (Phi) is 7.58. The van der Waals surface area contributed by atoms with Crippen LogP contribution in [0.15, 0.2) is 43.0 Å². The molecule has 174 valence electrons. The van der Waals surface area contributed by atoms with Crippen molar-refractivity contribution >= 4 is 81.0 Å². The Hall–Kier alpha value is -2.73. The number of nitrogen functional groups attached to an aromatic ring is 2. The van der Waals surface area contributed by atoms with Gasteiger partial charge in [-0.15, -0.1) is 0 Å². The van der Waals surface area contributed by atoms with Crippen molar-refractivity contribution in [2.45, 2.75) is 13.1 Å². The molecule has 14 heteroatoms. The molecule has 1 heterocycles. The van der Waals surface area contributed by atoms with Crippen LogP contribution < -0.4 is 26.2 Å². The zero-order chi connectivity index (χ0) is 24.4. The molecule has 6 N–H and O–H groups in total. The minimum absolute atomic E-state index is 0.0381. The number of aromatic nitrogens is 2. The van der Waals surface area contributed by atoms with Gasteiger partial charge in [-0.3, -0.25) is 20.0 Å². The van der Waals surface area contributed by atoms with Gasteiger partial charge in [-0.05, 0) is 24.3 Å². The Balaban J connectivity index is 1.66. The van der Waals surface area contributed by atoms with Crippen LogP contribution in [0.5, 0.6) is 0 Å². The van der Waals surface area contributed by atoms with Gasteiger partial charge in [-0.25, -0.2) is 9.13 Å². The van der Waals surface area contributed by atoms with Crippen LogP contribution in [-0.4, -0.2) is 26.8 Å². The van der Waals surface area contributed by atoms with Crippen LogP contribution in [0.1, 0.15) is 0 Å². The van der Waals surface area contributed by atoms with E-state index in [4.69, 9.17) is 57.9 Å². The smallest absolute Gasteiger partial charge is 0.292 e. The van der Waals surface area contributed by atoms with E-state index in [1.807, 2.05) is 0 Å². The lowest BCUT2D eigenvalue weighted by Crippen LogP contribution is -2.43. The quantitative estimate of drug-likeness (QED) is 0.165. The van der Waals surface area contributed by atoms with Crippen molar-refractivity contribution in [3.63, 3.8) is 0 Å². The minimum Gasteiger partial charge on any atom is -0.396 e. The summed E-state index contributed by atoms with van der Waals surface area (Å²) >= 11 is 23.7. The molecular weight excluding hydrogens is 518 g/mol. The van der Waals surface area contributed by atoms with E-state index in [2.05, 4.69) is 0 Å². The van der Waals surface area contributed by atoms with Crippen LogP contribution in [0, 0.1) is 0 Å². The largest absolute Gasteiger partial charge is 0.396 e. The van der Waals surface area contributed by atoms with E-state index in [0.29, 0.717) is 10.1 Å². The first kappa shape index (κ1) is 24.9. The number of imidazole rings is 1. The summed E-state index contributed by atoms with van der Waals surface area (Å²) in [6, 6.07) is 5.17. The molecule has 0 atom stereocenters. The van der Waals surface area contributed by atoms with Crippen molar-refractivity contribution in [2.75, 3.05) is 21.6 Å². The summed E-state index contributed by atoms with van der Waals surface area (Å²) in [5, 5.41) is 21.5. The third-order valence-corrected chi connectivity index (χ3v) is 5.72. The van der Waals surface area contributed by atoms with Crippen LogP contribution in [0.4, 0.5) is 22.7 Å². The number of halogens is 4. The van der Waals surface area contributed by atoms with Gasteiger partial charge in [0.2, 0.25) is 6.33 Å². The number of benzene rings is 2. The highest BCUT2D eigenvalue weighted by molar-refractivity contribution is 6.40. The van der Waals surface area contributed by atoms with Crippen molar-refractivity contribution in [3.8, 4) is 0 Å². The number of hydroxylamine groups is 2. The monoisotopic (exact) mass is 533 g/mol. The number of carbonyl (C=O) groups excluding carboxylic acids is 2. The molecule has 0 aliphatic carbocycles. The zero-order valence-corrected chi connectivity index (χ0v) is 19.6. The first-order chi connectivity index (χ1) is 15.5. The lowest BCUT2D eigenvalue weighted by atomic mass is 10.2. The summed E-state index contributed by atoms with van der Waals surface area (Å²) in [7, 11) is 0. The highest BCUT2D eigenvalue weighted by Crippen LogP contribution is 2.33.